The predicted octanol–water partition coefficient (Wildman–Crippen LogP) is 5.61. The molecule has 6 nitrogen and oxygen atoms in total. The first-order valence-electron chi connectivity index (χ1n) is 9.16. The van der Waals surface area contributed by atoms with Gasteiger partial charge in [0.25, 0.3) is 0 Å². The molecule has 0 aliphatic heterocycles. The SMILES string of the molecule is CC(C)(C)OC(=O)N(c1cc(F)cc(F)c1)c1cc(Cl)nc2c(C3CC3)cnn12. The Morgan fingerprint density at radius 3 is 2.45 bits per heavy atom. The van der Waals surface area contributed by atoms with Crippen LogP contribution in [-0.4, -0.2) is 26.3 Å². The zero-order chi connectivity index (χ0) is 20.9. The van der Waals surface area contributed by atoms with Gasteiger partial charge in [0.1, 0.15) is 28.2 Å². The Labute approximate surface area is 171 Å². The van der Waals surface area contributed by atoms with Gasteiger partial charge < -0.3 is 4.74 Å². The molecule has 0 spiro atoms. The number of ether oxygens (including phenoxy) is 1. The summed E-state index contributed by atoms with van der Waals surface area (Å²) in [5.41, 5.74) is 0.535. The molecule has 0 N–H and O–H groups in total. The van der Waals surface area contributed by atoms with Gasteiger partial charge in [-0.15, -0.1) is 0 Å². The summed E-state index contributed by atoms with van der Waals surface area (Å²) in [4.78, 5) is 18.4. The molecular formula is C20H19ClF2N4O2. The van der Waals surface area contributed by atoms with Gasteiger partial charge in [-0.25, -0.2) is 23.5 Å². The number of amides is 1. The normalized spacial score (nSPS) is 14.3. The minimum absolute atomic E-state index is 0.0520. The maximum absolute atomic E-state index is 13.9. The Morgan fingerprint density at radius 1 is 1.21 bits per heavy atom. The molecule has 1 aromatic carbocycles. The van der Waals surface area contributed by atoms with Crippen molar-refractivity contribution in [3.05, 3.63) is 52.8 Å². The van der Waals surface area contributed by atoms with Gasteiger partial charge in [0.2, 0.25) is 0 Å². The highest BCUT2D eigenvalue weighted by atomic mass is 35.5. The fourth-order valence-electron chi connectivity index (χ4n) is 3.08. The van der Waals surface area contributed by atoms with Crippen molar-refractivity contribution < 1.29 is 18.3 Å². The number of fused-ring (bicyclic) bond motifs is 1. The largest absolute Gasteiger partial charge is 0.443 e. The molecule has 2 heterocycles. The average Bonchev–Trinajstić information content (AvgIpc) is 3.32. The molecule has 1 amide bonds. The summed E-state index contributed by atoms with van der Waals surface area (Å²) in [5, 5.41) is 4.47. The van der Waals surface area contributed by atoms with E-state index in [1.54, 1.807) is 27.0 Å². The molecule has 1 aliphatic rings. The highest BCUT2D eigenvalue weighted by Gasteiger charge is 2.32. The summed E-state index contributed by atoms with van der Waals surface area (Å²) in [5.74, 6) is -1.15. The minimum Gasteiger partial charge on any atom is -0.443 e. The number of hydrogen-bond acceptors (Lipinski definition) is 4. The van der Waals surface area contributed by atoms with Gasteiger partial charge in [-0.05, 0) is 51.7 Å². The molecule has 1 fully saturated rings. The van der Waals surface area contributed by atoms with Crippen molar-refractivity contribution in [1.29, 1.82) is 0 Å². The lowest BCUT2D eigenvalue weighted by atomic mass is 10.2. The van der Waals surface area contributed by atoms with Crippen molar-refractivity contribution in [2.24, 2.45) is 0 Å². The molecule has 4 rings (SSSR count). The van der Waals surface area contributed by atoms with E-state index in [2.05, 4.69) is 10.1 Å². The van der Waals surface area contributed by atoms with Gasteiger partial charge in [-0.3, -0.25) is 0 Å². The number of rotatable bonds is 3. The molecule has 1 saturated carbocycles. The highest BCUT2D eigenvalue weighted by molar-refractivity contribution is 6.29. The predicted molar refractivity (Wildman–Crippen MR) is 105 cm³/mol. The van der Waals surface area contributed by atoms with Crippen molar-refractivity contribution in [1.82, 2.24) is 14.6 Å². The zero-order valence-electron chi connectivity index (χ0n) is 16.1. The number of carbonyl (C=O) groups is 1. The summed E-state index contributed by atoms with van der Waals surface area (Å²) >= 11 is 6.23. The van der Waals surface area contributed by atoms with Crippen LogP contribution >= 0.6 is 11.6 Å². The van der Waals surface area contributed by atoms with Crippen LogP contribution in [0.5, 0.6) is 0 Å². The molecule has 0 atom stereocenters. The summed E-state index contributed by atoms with van der Waals surface area (Å²) in [6.45, 7) is 5.09. The zero-order valence-corrected chi connectivity index (χ0v) is 16.9. The van der Waals surface area contributed by atoms with Crippen LogP contribution in [0, 0.1) is 11.6 Å². The van der Waals surface area contributed by atoms with Crippen LogP contribution in [0.4, 0.5) is 25.1 Å². The number of nitrogens with zero attached hydrogens (tertiary/aromatic N) is 4. The molecule has 9 heteroatoms. The fourth-order valence-corrected chi connectivity index (χ4v) is 3.26. The van der Waals surface area contributed by atoms with E-state index in [9.17, 15) is 13.6 Å². The van der Waals surface area contributed by atoms with Crippen LogP contribution in [-0.2, 0) is 4.74 Å². The van der Waals surface area contributed by atoms with Gasteiger partial charge in [0.15, 0.2) is 5.65 Å². The standard InChI is InChI=1S/C20H19ClF2N4O2/c1-20(2,3)29-19(28)26(14-7-12(22)6-13(23)8-14)17-9-16(21)25-18-15(11-4-5-11)10-24-27(17)18/h6-11H,4-5H2,1-3H3. The molecule has 2 aromatic heterocycles. The summed E-state index contributed by atoms with van der Waals surface area (Å²) in [6.07, 6.45) is 2.90. The van der Waals surface area contributed by atoms with Gasteiger partial charge in [-0.1, -0.05) is 11.6 Å². The van der Waals surface area contributed by atoms with Crippen molar-refractivity contribution >= 4 is 34.8 Å². The van der Waals surface area contributed by atoms with Crippen LogP contribution < -0.4 is 4.90 Å². The molecule has 29 heavy (non-hydrogen) atoms. The third kappa shape index (κ3) is 4.03. The quantitative estimate of drug-likeness (QED) is 0.516. The smallest absolute Gasteiger partial charge is 0.420 e. The lowest BCUT2D eigenvalue weighted by Gasteiger charge is -2.27. The molecule has 0 saturated heterocycles. The molecule has 0 bridgehead atoms. The number of hydrogen-bond donors (Lipinski definition) is 0. The third-order valence-electron chi connectivity index (χ3n) is 4.38. The van der Waals surface area contributed by atoms with Gasteiger partial charge in [0.05, 0.1) is 11.9 Å². The topological polar surface area (TPSA) is 59.7 Å². The van der Waals surface area contributed by atoms with E-state index in [1.165, 1.54) is 10.6 Å². The van der Waals surface area contributed by atoms with Gasteiger partial charge >= 0.3 is 6.09 Å². The summed E-state index contributed by atoms with van der Waals surface area (Å²) < 4.78 is 34.8. The van der Waals surface area contributed by atoms with Crippen LogP contribution in [0.2, 0.25) is 5.15 Å². The van der Waals surface area contributed by atoms with Crippen molar-refractivity contribution in [3.8, 4) is 0 Å². The van der Waals surface area contributed by atoms with Crippen LogP contribution in [0.3, 0.4) is 0 Å². The van der Waals surface area contributed by atoms with Gasteiger partial charge in [0, 0.05) is 17.7 Å². The Hall–Kier alpha value is -2.74. The van der Waals surface area contributed by atoms with E-state index in [-0.39, 0.29) is 16.7 Å². The molecule has 1 aliphatic carbocycles. The fraction of sp³-hybridized carbons (Fsp3) is 0.350. The number of aromatic nitrogens is 3. The molecule has 0 unspecified atom stereocenters. The lowest BCUT2D eigenvalue weighted by Crippen LogP contribution is -2.35. The van der Waals surface area contributed by atoms with Crippen LogP contribution in [0.15, 0.2) is 30.5 Å². The molecule has 152 valence electrons. The van der Waals surface area contributed by atoms with Crippen LogP contribution in [0.1, 0.15) is 45.1 Å². The Kier molecular flexibility index (Phi) is 4.69. The average molecular weight is 421 g/mol. The second kappa shape index (κ2) is 6.95. The first-order chi connectivity index (χ1) is 13.6. The molecule has 3 aromatic rings. The monoisotopic (exact) mass is 420 g/mol. The summed E-state index contributed by atoms with van der Waals surface area (Å²) in [7, 11) is 0. The first-order valence-corrected chi connectivity index (χ1v) is 9.53. The van der Waals surface area contributed by atoms with Crippen molar-refractivity contribution in [2.45, 2.75) is 45.1 Å². The van der Waals surface area contributed by atoms with Crippen LogP contribution in [0.25, 0.3) is 5.65 Å². The Morgan fingerprint density at radius 2 is 1.86 bits per heavy atom. The van der Waals surface area contributed by atoms with E-state index in [4.69, 9.17) is 16.3 Å². The maximum Gasteiger partial charge on any atom is 0.420 e. The molecular weight excluding hydrogens is 402 g/mol. The maximum atomic E-state index is 13.9. The van der Waals surface area contributed by atoms with Crippen molar-refractivity contribution in [2.75, 3.05) is 4.90 Å². The third-order valence-corrected chi connectivity index (χ3v) is 4.57. The number of anilines is 2. The van der Waals surface area contributed by atoms with E-state index in [0.29, 0.717) is 11.6 Å². The Balaban J connectivity index is 1.92. The Bertz CT molecular complexity index is 1090. The van der Waals surface area contributed by atoms with E-state index in [1.807, 2.05) is 0 Å². The van der Waals surface area contributed by atoms with Gasteiger partial charge in [-0.2, -0.15) is 9.61 Å². The summed E-state index contributed by atoms with van der Waals surface area (Å²) in [6, 6.07) is 4.22. The van der Waals surface area contributed by atoms with E-state index < -0.39 is 23.3 Å². The second-order valence-electron chi connectivity index (χ2n) is 7.99. The number of halogens is 3. The first kappa shape index (κ1) is 19.6. The minimum atomic E-state index is -0.833. The lowest BCUT2D eigenvalue weighted by molar-refractivity contribution is 0.0597. The van der Waals surface area contributed by atoms with Crippen molar-refractivity contribution in [3.63, 3.8) is 0 Å². The molecule has 0 radical (unpaired) electrons. The second-order valence-corrected chi connectivity index (χ2v) is 8.38. The van der Waals surface area contributed by atoms with E-state index in [0.717, 1.165) is 41.5 Å². The number of carbonyl (C=O) groups excluding carboxylic acids is 1. The van der Waals surface area contributed by atoms with E-state index >= 15 is 0 Å². The number of benzene rings is 1. The highest BCUT2D eigenvalue weighted by Crippen LogP contribution is 2.42.